The van der Waals surface area contributed by atoms with Crippen molar-refractivity contribution < 1.29 is 14.3 Å². The Bertz CT molecular complexity index is 412. The molecule has 0 bridgehead atoms. The Kier molecular flexibility index (Phi) is 4.62. The Morgan fingerprint density at radius 1 is 1.17 bits per heavy atom. The van der Waals surface area contributed by atoms with Gasteiger partial charge in [0.05, 0.1) is 13.2 Å². The van der Waals surface area contributed by atoms with Crippen molar-refractivity contribution >= 4 is 5.78 Å². The molecule has 0 N–H and O–H groups in total. The van der Waals surface area contributed by atoms with E-state index in [1.54, 1.807) is 0 Å². The van der Waals surface area contributed by atoms with Gasteiger partial charge in [-0.05, 0) is 24.6 Å². The van der Waals surface area contributed by atoms with E-state index >= 15 is 0 Å². The monoisotopic (exact) mass is 248 g/mol. The molecule has 0 saturated heterocycles. The maximum absolute atomic E-state index is 12.0. The molecule has 0 aromatic heterocycles. The second-order valence-electron chi connectivity index (χ2n) is 4.59. The van der Waals surface area contributed by atoms with Gasteiger partial charge in [-0.2, -0.15) is 0 Å². The van der Waals surface area contributed by atoms with E-state index in [0.29, 0.717) is 25.4 Å². The molecule has 98 valence electrons. The lowest BCUT2D eigenvalue weighted by atomic mass is 10.0. The Hall–Kier alpha value is -1.51. The van der Waals surface area contributed by atoms with Gasteiger partial charge >= 0.3 is 0 Å². The first-order chi connectivity index (χ1) is 8.81. The average molecular weight is 248 g/mol. The van der Waals surface area contributed by atoms with Crippen molar-refractivity contribution in [2.24, 2.45) is 0 Å². The van der Waals surface area contributed by atoms with Crippen molar-refractivity contribution in [2.75, 3.05) is 13.2 Å². The molecule has 1 aliphatic rings. The smallest absolute Gasteiger partial charge is 0.163 e. The predicted molar refractivity (Wildman–Crippen MR) is 70.5 cm³/mol. The largest absolute Gasteiger partial charge is 0.490 e. The van der Waals surface area contributed by atoms with Crippen molar-refractivity contribution in [2.45, 2.75) is 39.0 Å². The van der Waals surface area contributed by atoms with Gasteiger partial charge in [0.2, 0.25) is 0 Å². The summed E-state index contributed by atoms with van der Waals surface area (Å²) >= 11 is 0. The summed E-state index contributed by atoms with van der Waals surface area (Å²) < 4.78 is 11.1. The summed E-state index contributed by atoms with van der Waals surface area (Å²) in [6.45, 7) is 3.47. The number of benzene rings is 1. The van der Waals surface area contributed by atoms with Gasteiger partial charge in [-0.25, -0.2) is 0 Å². The number of carbonyl (C=O) groups is 1. The molecule has 1 aliphatic heterocycles. The van der Waals surface area contributed by atoms with Crippen LogP contribution in [0.15, 0.2) is 18.2 Å². The fourth-order valence-corrected chi connectivity index (χ4v) is 2.02. The number of rotatable bonds is 5. The minimum absolute atomic E-state index is 0.194. The van der Waals surface area contributed by atoms with Crippen LogP contribution in [-0.2, 0) is 0 Å². The van der Waals surface area contributed by atoms with Gasteiger partial charge in [-0.3, -0.25) is 4.79 Å². The molecule has 0 unspecified atom stereocenters. The van der Waals surface area contributed by atoms with E-state index in [2.05, 4.69) is 6.92 Å². The van der Waals surface area contributed by atoms with Gasteiger partial charge in [-0.15, -0.1) is 0 Å². The predicted octanol–water partition coefficient (Wildman–Crippen LogP) is 3.61. The molecule has 18 heavy (non-hydrogen) atoms. The van der Waals surface area contributed by atoms with E-state index < -0.39 is 0 Å². The molecule has 2 rings (SSSR count). The third-order valence-corrected chi connectivity index (χ3v) is 3.08. The molecule has 1 heterocycles. The first-order valence-electron chi connectivity index (χ1n) is 6.74. The van der Waals surface area contributed by atoms with Crippen LogP contribution >= 0.6 is 0 Å². The Balaban J connectivity index is 2.05. The zero-order valence-corrected chi connectivity index (χ0v) is 10.9. The molecule has 1 aromatic rings. The highest BCUT2D eigenvalue weighted by atomic mass is 16.5. The van der Waals surface area contributed by atoms with E-state index in [-0.39, 0.29) is 5.78 Å². The minimum atomic E-state index is 0.194. The molecule has 0 fully saturated rings. The van der Waals surface area contributed by atoms with E-state index in [0.717, 1.165) is 37.0 Å². The average Bonchev–Trinajstić information content (AvgIpc) is 2.63. The summed E-state index contributed by atoms with van der Waals surface area (Å²) in [5, 5.41) is 0. The van der Waals surface area contributed by atoms with Crippen molar-refractivity contribution in [1.82, 2.24) is 0 Å². The van der Waals surface area contributed by atoms with Crippen LogP contribution in [0.5, 0.6) is 11.5 Å². The Labute approximate surface area is 108 Å². The number of unbranched alkanes of at least 4 members (excludes halogenated alkanes) is 2. The number of hydrogen-bond donors (Lipinski definition) is 0. The number of ether oxygens (including phenoxy) is 2. The molecule has 3 nitrogen and oxygen atoms in total. The van der Waals surface area contributed by atoms with Crippen LogP contribution < -0.4 is 9.47 Å². The maximum atomic E-state index is 12.0. The van der Waals surface area contributed by atoms with Gasteiger partial charge in [0.15, 0.2) is 17.3 Å². The van der Waals surface area contributed by atoms with Crippen molar-refractivity contribution in [1.29, 1.82) is 0 Å². The summed E-state index contributed by atoms with van der Waals surface area (Å²) in [5.74, 6) is 1.64. The quantitative estimate of drug-likeness (QED) is 0.590. The van der Waals surface area contributed by atoms with Crippen LogP contribution in [0.25, 0.3) is 0 Å². The second-order valence-corrected chi connectivity index (χ2v) is 4.59. The van der Waals surface area contributed by atoms with Crippen LogP contribution in [0.1, 0.15) is 49.4 Å². The molecule has 3 heteroatoms. The first kappa shape index (κ1) is 12.9. The summed E-state index contributed by atoms with van der Waals surface area (Å²) in [7, 11) is 0. The number of hydrogen-bond acceptors (Lipinski definition) is 3. The number of fused-ring (bicyclic) bond motifs is 1. The van der Waals surface area contributed by atoms with E-state index in [1.165, 1.54) is 0 Å². The molecule has 0 amide bonds. The fraction of sp³-hybridized carbons (Fsp3) is 0.533. The van der Waals surface area contributed by atoms with Crippen LogP contribution in [0, 0.1) is 0 Å². The van der Waals surface area contributed by atoms with Crippen LogP contribution in [0.3, 0.4) is 0 Å². The molecule has 0 saturated carbocycles. The lowest BCUT2D eigenvalue weighted by Crippen LogP contribution is -2.00. The standard InChI is InChI=1S/C15H20O3/c1-2-3-4-6-13(16)12-7-8-14-15(11-12)18-10-5-9-17-14/h7-8,11H,2-6,9-10H2,1H3. The van der Waals surface area contributed by atoms with Crippen molar-refractivity contribution in [3.8, 4) is 11.5 Å². The van der Waals surface area contributed by atoms with Crippen LogP contribution in [0.4, 0.5) is 0 Å². The normalized spacial score (nSPS) is 14.1. The van der Waals surface area contributed by atoms with Gasteiger partial charge in [0, 0.05) is 18.4 Å². The van der Waals surface area contributed by atoms with Gasteiger partial charge < -0.3 is 9.47 Å². The highest BCUT2D eigenvalue weighted by Gasteiger charge is 2.13. The van der Waals surface area contributed by atoms with Gasteiger partial charge in [-0.1, -0.05) is 19.8 Å². The van der Waals surface area contributed by atoms with Crippen LogP contribution in [-0.4, -0.2) is 19.0 Å². The summed E-state index contributed by atoms with van der Waals surface area (Å²) in [4.78, 5) is 12.0. The number of Topliss-reactive ketones (excluding diaryl/α,β-unsaturated/α-hetero) is 1. The zero-order valence-electron chi connectivity index (χ0n) is 10.9. The number of ketones is 1. The third-order valence-electron chi connectivity index (χ3n) is 3.08. The lowest BCUT2D eigenvalue weighted by molar-refractivity contribution is 0.0979. The highest BCUT2D eigenvalue weighted by Crippen LogP contribution is 2.30. The minimum Gasteiger partial charge on any atom is -0.490 e. The molecular formula is C15H20O3. The van der Waals surface area contributed by atoms with Crippen molar-refractivity contribution in [3.05, 3.63) is 23.8 Å². The highest BCUT2D eigenvalue weighted by molar-refractivity contribution is 5.96. The molecule has 0 radical (unpaired) electrons. The summed E-state index contributed by atoms with van der Waals surface area (Å²) in [6, 6.07) is 5.49. The maximum Gasteiger partial charge on any atom is 0.163 e. The zero-order chi connectivity index (χ0) is 12.8. The fourth-order valence-electron chi connectivity index (χ4n) is 2.02. The second kappa shape index (κ2) is 6.43. The molecule has 1 aromatic carbocycles. The third kappa shape index (κ3) is 3.25. The Morgan fingerprint density at radius 2 is 1.94 bits per heavy atom. The molecule has 0 spiro atoms. The first-order valence-corrected chi connectivity index (χ1v) is 6.74. The van der Waals surface area contributed by atoms with Crippen LogP contribution in [0.2, 0.25) is 0 Å². The lowest BCUT2D eigenvalue weighted by Gasteiger charge is -2.08. The molecule has 0 atom stereocenters. The van der Waals surface area contributed by atoms with Gasteiger partial charge in [0.25, 0.3) is 0 Å². The summed E-state index contributed by atoms with van der Waals surface area (Å²) in [6.07, 6.45) is 4.70. The van der Waals surface area contributed by atoms with E-state index in [1.807, 2.05) is 18.2 Å². The Morgan fingerprint density at radius 3 is 2.72 bits per heavy atom. The van der Waals surface area contributed by atoms with Crippen molar-refractivity contribution in [3.63, 3.8) is 0 Å². The molecular weight excluding hydrogens is 228 g/mol. The molecule has 0 aliphatic carbocycles. The topological polar surface area (TPSA) is 35.5 Å². The van der Waals surface area contributed by atoms with E-state index in [9.17, 15) is 4.79 Å². The van der Waals surface area contributed by atoms with E-state index in [4.69, 9.17) is 9.47 Å². The van der Waals surface area contributed by atoms with Gasteiger partial charge in [0.1, 0.15) is 0 Å². The SMILES string of the molecule is CCCCCC(=O)c1ccc2c(c1)OCCCO2. The number of carbonyl (C=O) groups excluding carboxylic acids is 1. The summed E-state index contributed by atoms with van der Waals surface area (Å²) in [5.41, 5.74) is 0.732.